The van der Waals surface area contributed by atoms with Gasteiger partial charge in [0.05, 0.1) is 21.3 Å². The van der Waals surface area contributed by atoms with Crippen LogP contribution in [0.15, 0.2) is 36.4 Å². The molecule has 0 saturated heterocycles. The van der Waals surface area contributed by atoms with Crippen molar-refractivity contribution in [3.8, 4) is 28.7 Å². The Balaban J connectivity index is 2.33. The highest BCUT2D eigenvalue weighted by Crippen LogP contribution is 2.34. The highest BCUT2D eigenvalue weighted by molar-refractivity contribution is 6.10. The van der Waals surface area contributed by atoms with Crippen molar-refractivity contribution < 1.29 is 29.2 Å². The Morgan fingerprint density at radius 3 is 2.25 bits per heavy atom. The van der Waals surface area contributed by atoms with Crippen molar-refractivity contribution >= 4 is 11.9 Å². The number of phenols is 2. The first kappa shape index (κ1) is 17.2. The number of allylic oxidation sites excluding steroid dienone is 1. The summed E-state index contributed by atoms with van der Waals surface area (Å²) in [6.07, 6.45) is 2.85. The predicted molar refractivity (Wildman–Crippen MR) is 89.2 cm³/mol. The van der Waals surface area contributed by atoms with Crippen molar-refractivity contribution in [3.05, 3.63) is 47.5 Å². The van der Waals surface area contributed by atoms with E-state index in [1.165, 1.54) is 45.6 Å². The van der Waals surface area contributed by atoms with Crippen LogP contribution in [0.3, 0.4) is 0 Å². The van der Waals surface area contributed by atoms with Crippen molar-refractivity contribution in [3.63, 3.8) is 0 Å². The fourth-order valence-corrected chi connectivity index (χ4v) is 2.16. The number of methoxy groups -OCH3 is 3. The zero-order chi connectivity index (χ0) is 17.7. The van der Waals surface area contributed by atoms with Gasteiger partial charge < -0.3 is 24.4 Å². The average molecular weight is 330 g/mol. The molecular formula is C18H18O6. The maximum Gasteiger partial charge on any atom is 0.193 e. The summed E-state index contributed by atoms with van der Waals surface area (Å²) < 4.78 is 15.2. The van der Waals surface area contributed by atoms with E-state index in [0.717, 1.165) is 0 Å². The Morgan fingerprint density at radius 1 is 0.917 bits per heavy atom. The van der Waals surface area contributed by atoms with E-state index in [2.05, 4.69) is 0 Å². The average Bonchev–Trinajstić information content (AvgIpc) is 2.59. The van der Waals surface area contributed by atoms with Gasteiger partial charge in [-0.05, 0) is 23.8 Å². The van der Waals surface area contributed by atoms with Gasteiger partial charge in [-0.3, -0.25) is 4.79 Å². The summed E-state index contributed by atoms with van der Waals surface area (Å²) in [6.45, 7) is 0. The molecule has 0 saturated carbocycles. The van der Waals surface area contributed by atoms with Crippen molar-refractivity contribution in [2.75, 3.05) is 21.3 Å². The summed E-state index contributed by atoms with van der Waals surface area (Å²) in [5.74, 6) is 0.242. The number of rotatable bonds is 6. The van der Waals surface area contributed by atoms with Gasteiger partial charge in [0.2, 0.25) is 0 Å². The Bertz CT molecular complexity index is 779. The number of ether oxygens (including phenoxy) is 3. The standard InChI is InChI=1S/C18H18O6/c1-22-12-9-15(21)18(17(10-12)24-3)14(20)7-5-11-4-6-13(19)16(8-11)23-2/h4-10,19,21H,1-3H3. The van der Waals surface area contributed by atoms with Gasteiger partial charge in [0.25, 0.3) is 0 Å². The summed E-state index contributed by atoms with van der Waals surface area (Å²) in [4.78, 5) is 12.4. The Kier molecular flexibility index (Phi) is 5.31. The van der Waals surface area contributed by atoms with E-state index in [-0.39, 0.29) is 22.8 Å². The second-order valence-corrected chi connectivity index (χ2v) is 4.85. The van der Waals surface area contributed by atoms with Crippen LogP contribution in [-0.4, -0.2) is 37.3 Å². The summed E-state index contributed by atoms with van der Waals surface area (Å²) in [7, 11) is 4.29. The number of ketones is 1. The normalized spacial score (nSPS) is 10.6. The fraction of sp³-hybridized carbons (Fsp3) is 0.167. The molecule has 0 radical (unpaired) electrons. The number of phenolic OH excluding ortho intramolecular Hbond substituents is 2. The zero-order valence-corrected chi connectivity index (χ0v) is 13.6. The molecule has 0 fully saturated rings. The minimum Gasteiger partial charge on any atom is -0.507 e. The lowest BCUT2D eigenvalue weighted by atomic mass is 10.1. The highest BCUT2D eigenvalue weighted by atomic mass is 16.5. The molecule has 0 atom stereocenters. The molecule has 0 heterocycles. The monoisotopic (exact) mass is 330 g/mol. The quantitative estimate of drug-likeness (QED) is 0.625. The molecule has 6 heteroatoms. The van der Waals surface area contributed by atoms with Crippen LogP contribution < -0.4 is 14.2 Å². The number of aromatic hydroxyl groups is 2. The predicted octanol–water partition coefficient (Wildman–Crippen LogP) is 3.02. The molecule has 126 valence electrons. The molecule has 24 heavy (non-hydrogen) atoms. The van der Waals surface area contributed by atoms with Crippen LogP contribution in [0.1, 0.15) is 15.9 Å². The van der Waals surface area contributed by atoms with E-state index in [1.807, 2.05) is 0 Å². The number of carbonyl (C=O) groups excluding carboxylic acids is 1. The van der Waals surface area contributed by atoms with Crippen molar-refractivity contribution in [1.82, 2.24) is 0 Å². The molecule has 2 aromatic rings. The lowest BCUT2D eigenvalue weighted by Crippen LogP contribution is -2.00. The van der Waals surface area contributed by atoms with Crippen LogP contribution in [0.2, 0.25) is 0 Å². The summed E-state index contributed by atoms with van der Waals surface area (Å²) >= 11 is 0. The minimum atomic E-state index is -0.431. The third-order valence-electron chi connectivity index (χ3n) is 3.39. The van der Waals surface area contributed by atoms with E-state index >= 15 is 0 Å². The summed E-state index contributed by atoms with van der Waals surface area (Å²) in [6, 6.07) is 7.54. The number of carbonyl (C=O) groups is 1. The molecule has 2 N–H and O–H groups in total. The van der Waals surface area contributed by atoms with Crippen molar-refractivity contribution in [2.45, 2.75) is 0 Å². The zero-order valence-electron chi connectivity index (χ0n) is 13.6. The van der Waals surface area contributed by atoms with Gasteiger partial charge in [-0.2, -0.15) is 0 Å². The highest BCUT2D eigenvalue weighted by Gasteiger charge is 2.17. The SMILES string of the molecule is COc1cc(O)c(C(=O)C=Cc2ccc(O)c(OC)c2)c(OC)c1. The lowest BCUT2D eigenvalue weighted by Gasteiger charge is -2.10. The van der Waals surface area contributed by atoms with Gasteiger partial charge >= 0.3 is 0 Å². The van der Waals surface area contributed by atoms with Gasteiger partial charge in [0.1, 0.15) is 22.8 Å². The van der Waals surface area contributed by atoms with Crippen LogP contribution in [0.25, 0.3) is 6.08 Å². The molecule has 0 unspecified atom stereocenters. The van der Waals surface area contributed by atoms with E-state index < -0.39 is 5.78 Å². The largest absolute Gasteiger partial charge is 0.507 e. The topological polar surface area (TPSA) is 85.2 Å². The molecule has 0 aromatic heterocycles. The van der Waals surface area contributed by atoms with Crippen LogP contribution >= 0.6 is 0 Å². The summed E-state index contributed by atoms with van der Waals surface area (Å²) in [5.41, 5.74) is 0.699. The van der Waals surface area contributed by atoms with Gasteiger partial charge in [0.15, 0.2) is 17.3 Å². The molecule has 2 rings (SSSR count). The van der Waals surface area contributed by atoms with Crippen molar-refractivity contribution in [1.29, 1.82) is 0 Å². The molecule has 0 aliphatic carbocycles. The third-order valence-corrected chi connectivity index (χ3v) is 3.39. The first-order valence-corrected chi connectivity index (χ1v) is 7.04. The molecular weight excluding hydrogens is 312 g/mol. The number of hydrogen-bond acceptors (Lipinski definition) is 6. The van der Waals surface area contributed by atoms with Crippen molar-refractivity contribution in [2.24, 2.45) is 0 Å². The molecule has 0 aliphatic heterocycles. The van der Waals surface area contributed by atoms with E-state index in [0.29, 0.717) is 17.1 Å². The van der Waals surface area contributed by atoms with Crippen LogP contribution in [0.5, 0.6) is 28.7 Å². The lowest BCUT2D eigenvalue weighted by molar-refractivity contribution is 0.104. The first-order valence-electron chi connectivity index (χ1n) is 7.04. The second-order valence-electron chi connectivity index (χ2n) is 4.85. The maximum absolute atomic E-state index is 12.4. The molecule has 6 nitrogen and oxygen atoms in total. The second kappa shape index (κ2) is 7.41. The Hall–Kier alpha value is -3.15. The maximum atomic E-state index is 12.4. The molecule has 2 aromatic carbocycles. The van der Waals surface area contributed by atoms with Crippen LogP contribution in [-0.2, 0) is 0 Å². The molecule has 0 aliphatic rings. The van der Waals surface area contributed by atoms with E-state index in [9.17, 15) is 15.0 Å². The van der Waals surface area contributed by atoms with Crippen LogP contribution in [0, 0.1) is 0 Å². The molecule has 0 spiro atoms. The van der Waals surface area contributed by atoms with Gasteiger partial charge in [0, 0.05) is 12.1 Å². The van der Waals surface area contributed by atoms with E-state index in [1.54, 1.807) is 18.2 Å². The minimum absolute atomic E-state index is 0.00967. The molecule has 0 amide bonds. The Labute approximate surface area is 139 Å². The fourth-order valence-electron chi connectivity index (χ4n) is 2.16. The Morgan fingerprint density at radius 2 is 1.62 bits per heavy atom. The van der Waals surface area contributed by atoms with Crippen LogP contribution in [0.4, 0.5) is 0 Å². The van der Waals surface area contributed by atoms with Gasteiger partial charge in [-0.25, -0.2) is 0 Å². The van der Waals surface area contributed by atoms with Gasteiger partial charge in [-0.15, -0.1) is 0 Å². The van der Waals surface area contributed by atoms with E-state index in [4.69, 9.17) is 14.2 Å². The third kappa shape index (κ3) is 3.60. The molecule has 0 bridgehead atoms. The smallest absolute Gasteiger partial charge is 0.193 e. The summed E-state index contributed by atoms with van der Waals surface area (Å²) in [5, 5.41) is 19.6. The number of hydrogen-bond donors (Lipinski definition) is 2. The first-order chi connectivity index (χ1) is 11.5. The van der Waals surface area contributed by atoms with Gasteiger partial charge in [-0.1, -0.05) is 12.1 Å². The number of benzene rings is 2.